The molecular formula is C17H17FN2O4S. The van der Waals surface area contributed by atoms with E-state index in [9.17, 15) is 9.59 Å². The molecule has 1 aromatic heterocycles. The maximum Gasteiger partial charge on any atom is 0.329 e. The molecule has 2 fully saturated rings. The number of hydrogen-bond acceptors (Lipinski definition) is 5. The van der Waals surface area contributed by atoms with Gasteiger partial charge in [0.2, 0.25) is 0 Å². The number of nitrogens with zero attached hydrogens (tertiary/aromatic N) is 1. The average molecular weight is 364 g/mol. The lowest BCUT2D eigenvalue weighted by molar-refractivity contribution is -0.296. The van der Waals surface area contributed by atoms with Crippen molar-refractivity contribution in [3.05, 3.63) is 69.0 Å². The van der Waals surface area contributed by atoms with Gasteiger partial charge in [-0.1, -0.05) is 30.3 Å². The van der Waals surface area contributed by atoms with E-state index in [-0.39, 0.29) is 5.25 Å². The van der Waals surface area contributed by atoms with Gasteiger partial charge in [-0.2, -0.15) is 0 Å². The molecule has 4 rings (SSSR count). The molecule has 0 aliphatic carbocycles. The molecule has 8 heteroatoms. The summed E-state index contributed by atoms with van der Waals surface area (Å²) < 4.78 is 28.2. The average Bonchev–Trinajstić information content (AvgIpc) is 2.92. The summed E-state index contributed by atoms with van der Waals surface area (Å²) in [6, 6.07) is 10.6. The minimum atomic E-state index is -1.40. The van der Waals surface area contributed by atoms with Crippen molar-refractivity contribution in [1.82, 2.24) is 9.55 Å². The Kier molecular flexibility index (Phi) is 4.05. The quantitative estimate of drug-likeness (QED) is 0.879. The van der Waals surface area contributed by atoms with Gasteiger partial charge in [-0.15, -0.1) is 11.8 Å². The minimum Gasteiger partial charge on any atom is -0.345 e. The largest absolute Gasteiger partial charge is 0.345 e. The van der Waals surface area contributed by atoms with Crippen molar-refractivity contribution in [3.63, 3.8) is 0 Å². The third kappa shape index (κ3) is 2.84. The second kappa shape index (κ2) is 6.12. The number of hydrogen-bond donors (Lipinski definition) is 1. The number of benzene rings is 1. The highest BCUT2D eigenvalue weighted by Gasteiger charge is 2.53. The van der Waals surface area contributed by atoms with Crippen LogP contribution in [0.15, 0.2) is 52.2 Å². The second-order valence-electron chi connectivity index (χ2n) is 6.23. The molecule has 2 aromatic rings. The van der Waals surface area contributed by atoms with Gasteiger partial charge in [0.15, 0.2) is 12.0 Å². The Labute approximate surface area is 147 Å². The number of alkyl halides is 1. The first-order chi connectivity index (χ1) is 12.0. The van der Waals surface area contributed by atoms with Crippen LogP contribution in [-0.2, 0) is 15.3 Å². The van der Waals surface area contributed by atoms with Crippen molar-refractivity contribution in [3.8, 4) is 0 Å². The standard InChI is InChI=1S/C17H17FN2O4S/c1-17(10-5-3-2-4-6-10)23-9-11-14(24-17)13(18)15(25-11)20-8-7-12(21)19-16(20)22/h2-8,11,13-15H,9H2,1H3,(H,19,21,22)/t11-,13-,14-,15-,17?/m1/s1. The van der Waals surface area contributed by atoms with E-state index in [1.165, 1.54) is 28.6 Å². The van der Waals surface area contributed by atoms with E-state index < -0.39 is 34.7 Å². The fraction of sp³-hybridized carbons (Fsp3) is 0.412. The molecule has 25 heavy (non-hydrogen) atoms. The molecule has 0 saturated carbocycles. The predicted molar refractivity (Wildman–Crippen MR) is 91.3 cm³/mol. The molecule has 0 radical (unpaired) electrons. The van der Waals surface area contributed by atoms with Crippen LogP contribution in [0.1, 0.15) is 17.9 Å². The highest BCUT2D eigenvalue weighted by atomic mass is 32.2. The van der Waals surface area contributed by atoms with E-state index in [1.807, 2.05) is 30.3 Å². The lowest BCUT2D eigenvalue weighted by atomic mass is 10.0. The number of aromatic amines is 1. The van der Waals surface area contributed by atoms with Crippen LogP contribution in [0.3, 0.4) is 0 Å². The summed E-state index contributed by atoms with van der Waals surface area (Å²) >= 11 is 1.29. The zero-order valence-electron chi connectivity index (χ0n) is 13.4. The van der Waals surface area contributed by atoms with Gasteiger partial charge in [-0.05, 0) is 6.92 Å². The second-order valence-corrected chi connectivity index (χ2v) is 7.59. The summed E-state index contributed by atoms with van der Waals surface area (Å²) in [6.45, 7) is 2.09. The van der Waals surface area contributed by atoms with Gasteiger partial charge in [0, 0.05) is 17.8 Å². The molecule has 6 nitrogen and oxygen atoms in total. The van der Waals surface area contributed by atoms with Crippen LogP contribution >= 0.6 is 11.8 Å². The first-order valence-electron chi connectivity index (χ1n) is 7.96. The summed E-state index contributed by atoms with van der Waals surface area (Å²) in [4.78, 5) is 25.4. The zero-order chi connectivity index (χ0) is 17.6. The van der Waals surface area contributed by atoms with E-state index in [0.717, 1.165) is 5.56 Å². The lowest BCUT2D eigenvalue weighted by Gasteiger charge is -2.40. The Balaban J connectivity index is 1.62. The zero-order valence-corrected chi connectivity index (χ0v) is 14.2. The van der Waals surface area contributed by atoms with Gasteiger partial charge >= 0.3 is 5.69 Å². The Morgan fingerprint density at radius 3 is 2.76 bits per heavy atom. The van der Waals surface area contributed by atoms with E-state index in [1.54, 1.807) is 6.92 Å². The molecule has 1 unspecified atom stereocenters. The lowest BCUT2D eigenvalue weighted by Crippen LogP contribution is -2.48. The molecule has 1 N–H and O–H groups in total. The summed E-state index contributed by atoms with van der Waals surface area (Å²) in [5.41, 5.74) is -0.318. The van der Waals surface area contributed by atoms with Crippen molar-refractivity contribution < 1.29 is 13.9 Å². The van der Waals surface area contributed by atoms with E-state index in [2.05, 4.69) is 4.98 Å². The van der Waals surface area contributed by atoms with Crippen LogP contribution in [0.5, 0.6) is 0 Å². The maximum absolute atomic E-state index is 15.1. The van der Waals surface area contributed by atoms with Crippen LogP contribution in [0.25, 0.3) is 0 Å². The molecule has 1 aromatic carbocycles. The number of ether oxygens (including phenoxy) is 2. The summed E-state index contributed by atoms with van der Waals surface area (Å²) in [5, 5.41) is -0.989. The highest BCUT2D eigenvalue weighted by Crippen LogP contribution is 2.49. The molecule has 3 heterocycles. The van der Waals surface area contributed by atoms with Crippen molar-refractivity contribution in [2.45, 2.75) is 35.6 Å². The first-order valence-corrected chi connectivity index (χ1v) is 8.90. The SMILES string of the molecule is CC1(c2ccccc2)OC[C@H]2S[C@@H](n3ccc(=O)[nH]c3=O)[C@H](F)[C@@H]2O1. The Hall–Kier alpha value is -1.90. The Morgan fingerprint density at radius 2 is 2.04 bits per heavy atom. The van der Waals surface area contributed by atoms with Crippen LogP contribution in [0, 0.1) is 0 Å². The first kappa shape index (κ1) is 16.6. The number of H-pyrrole nitrogens is 1. The summed E-state index contributed by atoms with van der Waals surface area (Å²) in [6.07, 6.45) is -0.779. The van der Waals surface area contributed by atoms with Crippen LogP contribution in [-0.4, -0.2) is 33.7 Å². The molecular weight excluding hydrogens is 347 g/mol. The van der Waals surface area contributed by atoms with Gasteiger partial charge in [-0.25, -0.2) is 9.18 Å². The topological polar surface area (TPSA) is 73.3 Å². The number of thioether (sulfide) groups is 1. The predicted octanol–water partition coefficient (Wildman–Crippen LogP) is 1.78. The maximum atomic E-state index is 15.1. The monoisotopic (exact) mass is 364 g/mol. The third-order valence-electron chi connectivity index (χ3n) is 4.57. The molecule has 2 aliphatic rings. The van der Waals surface area contributed by atoms with Crippen molar-refractivity contribution >= 4 is 11.8 Å². The van der Waals surface area contributed by atoms with Gasteiger partial charge in [-0.3, -0.25) is 14.3 Å². The van der Waals surface area contributed by atoms with Gasteiger partial charge in [0.1, 0.15) is 11.5 Å². The smallest absolute Gasteiger partial charge is 0.329 e. The number of nitrogens with one attached hydrogen (secondary N) is 1. The fourth-order valence-corrected chi connectivity index (χ4v) is 4.72. The summed E-state index contributed by atoms with van der Waals surface area (Å²) in [7, 11) is 0. The van der Waals surface area contributed by atoms with Gasteiger partial charge in [0.05, 0.1) is 11.9 Å². The number of rotatable bonds is 2. The molecule has 2 saturated heterocycles. The molecule has 5 atom stereocenters. The van der Waals surface area contributed by atoms with Gasteiger partial charge in [0.25, 0.3) is 5.56 Å². The van der Waals surface area contributed by atoms with Crippen molar-refractivity contribution in [1.29, 1.82) is 0 Å². The van der Waals surface area contributed by atoms with Crippen LogP contribution < -0.4 is 11.2 Å². The normalized spacial score (nSPS) is 34.6. The van der Waals surface area contributed by atoms with Crippen molar-refractivity contribution in [2.75, 3.05) is 6.61 Å². The van der Waals surface area contributed by atoms with E-state index >= 15 is 4.39 Å². The molecule has 0 bridgehead atoms. The molecule has 0 amide bonds. The molecule has 0 spiro atoms. The Morgan fingerprint density at radius 1 is 1.28 bits per heavy atom. The van der Waals surface area contributed by atoms with E-state index in [0.29, 0.717) is 6.61 Å². The number of aromatic nitrogens is 2. The summed E-state index contributed by atoms with van der Waals surface area (Å²) in [5.74, 6) is -1.03. The van der Waals surface area contributed by atoms with Gasteiger partial charge < -0.3 is 9.47 Å². The van der Waals surface area contributed by atoms with Crippen LogP contribution in [0.4, 0.5) is 4.39 Å². The van der Waals surface area contributed by atoms with Crippen LogP contribution in [0.2, 0.25) is 0 Å². The molecule has 132 valence electrons. The Bertz CT molecular complexity index is 886. The highest BCUT2D eigenvalue weighted by molar-refractivity contribution is 8.00. The number of fused-ring (bicyclic) bond motifs is 1. The number of halogens is 1. The minimum absolute atomic E-state index is 0.226. The van der Waals surface area contributed by atoms with Crippen molar-refractivity contribution in [2.24, 2.45) is 0 Å². The fourth-order valence-electron chi connectivity index (χ4n) is 3.25. The molecule has 2 aliphatic heterocycles. The third-order valence-corrected chi connectivity index (χ3v) is 6.09. The van der Waals surface area contributed by atoms with E-state index in [4.69, 9.17) is 9.47 Å².